The third-order valence-electron chi connectivity index (χ3n) is 6.25. The summed E-state index contributed by atoms with van der Waals surface area (Å²) in [5, 5.41) is 20.3. The van der Waals surface area contributed by atoms with Crippen LogP contribution in [0, 0.1) is 0 Å². The van der Waals surface area contributed by atoms with Crippen LogP contribution in [0.1, 0.15) is 23.5 Å². The summed E-state index contributed by atoms with van der Waals surface area (Å²) in [6.45, 7) is 0. The van der Waals surface area contributed by atoms with Crippen LogP contribution in [0.2, 0.25) is 0 Å². The molecule has 0 saturated carbocycles. The summed E-state index contributed by atoms with van der Waals surface area (Å²) in [5.41, 5.74) is 1.24. The molecule has 1 atom stereocenters. The molecule has 2 N–H and O–H groups in total. The maximum Gasteiger partial charge on any atom is 0.312 e. The summed E-state index contributed by atoms with van der Waals surface area (Å²) in [4.78, 5) is 26.1. The van der Waals surface area contributed by atoms with E-state index in [4.69, 9.17) is 23.4 Å². The number of rotatable bonds is 5. The Bertz CT molecular complexity index is 1530. The van der Waals surface area contributed by atoms with Gasteiger partial charge in [-0.3, -0.25) is 9.59 Å². The van der Waals surface area contributed by atoms with Crippen LogP contribution >= 0.6 is 0 Å². The van der Waals surface area contributed by atoms with E-state index in [1.54, 1.807) is 24.3 Å². The van der Waals surface area contributed by atoms with Gasteiger partial charge in [-0.25, -0.2) is 0 Å². The largest absolute Gasteiger partial charge is 0.508 e. The van der Waals surface area contributed by atoms with Gasteiger partial charge in [0.05, 0.1) is 33.3 Å². The molecule has 3 aromatic carbocycles. The molecule has 9 nitrogen and oxygen atoms in total. The first-order valence-corrected chi connectivity index (χ1v) is 11.0. The Kier molecular flexibility index (Phi) is 5.68. The smallest absolute Gasteiger partial charge is 0.312 e. The zero-order valence-corrected chi connectivity index (χ0v) is 19.7. The molecule has 0 aliphatic carbocycles. The van der Waals surface area contributed by atoms with Crippen molar-refractivity contribution in [1.82, 2.24) is 0 Å². The van der Waals surface area contributed by atoms with Crippen LogP contribution in [0.25, 0.3) is 22.1 Å². The van der Waals surface area contributed by atoms with Crippen LogP contribution in [-0.4, -0.2) is 37.5 Å². The van der Waals surface area contributed by atoms with Gasteiger partial charge in [-0.2, -0.15) is 0 Å². The predicted octanol–water partition coefficient (Wildman–Crippen LogP) is 4.34. The number of phenolic OH excluding ortho intramolecular Hbond substituents is 2. The normalized spacial score (nSPS) is 14.8. The Morgan fingerprint density at radius 3 is 2.17 bits per heavy atom. The highest BCUT2D eigenvalue weighted by molar-refractivity contribution is 5.94. The Labute approximate surface area is 205 Å². The number of carbonyl (C=O) groups excluding carboxylic acids is 1. The molecular formula is C27H22O9. The van der Waals surface area contributed by atoms with Gasteiger partial charge in [-0.1, -0.05) is 12.1 Å². The third kappa shape index (κ3) is 3.65. The molecule has 36 heavy (non-hydrogen) atoms. The number of esters is 1. The fourth-order valence-electron chi connectivity index (χ4n) is 4.59. The summed E-state index contributed by atoms with van der Waals surface area (Å²) >= 11 is 0. The molecule has 9 heteroatoms. The predicted molar refractivity (Wildman–Crippen MR) is 129 cm³/mol. The van der Waals surface area contributed by atoms with Crippen molar-refractivity contribution < 1.29 is 38.4 Å². The highest BCUT2D eigenvalue weighted by atomic mass is 16.5. The van der Waals surface area contributed by atoms with E-state index in [1.165, 1.54) is 45.8 Å². The first-order valence-electron chi connectivity index (χ1n) is 11.0. The molecule has 5 rings (SSSR count). The molecule has 1 aliphatic rings. The zero-order valence-electron chi connectivity index (χ0n) is 19.7. The summed E-state index contributed by atoms with van der Waals surface area (Å²) in [6.07, 6.45) is 1.20. The monoisotopic (exact) mass is 490 g/mol. The second-order valence-electron chi connectivity index (χ2n) is 8.21. The van der Waals surface area contributed by atoms with E-state index in [9.17, 15) is 19.8 Å². The minimum Gasteiger partial charge on any atom is -0.508 e. The van der Waals surface area contributed by atoms with E-state index in [2.05, 4.69) is 0 Å². The molecular weight excluding hydrogens is 468 g/mol. The van der Waals surface area contributed by atoms with E-state index in [1.807, 2.05) is 0 Å². The number of carbonyl (C=O) groups is 1. The maximum absolute atomic E-state index is 13.5. The van der Waals surface area contributed by atoms with Gasteiger partial charge in [-0.05, 0) is 17.7 Å². The van der Waals surface area contributed by atoms with Crippen LogP contribution in [0.15, 0.2) is 57.9 Å². The van der Waals surface area contributed by atoms with Crippen molar-refractivity contribution in [1.29, 1.82) is 0 Å². The Balaban J connectivity index is 1.80. The van der Waals surface area contributed by atoms with Crippen molar-refractivity contribution >= 4 is 16.9 Å². The van der Waals surface area contributed by atoms with Gasteiger partial charge in [-0.15, -0.1) is 0 Å². The highest BCUT2D eigenvalue weighted by Crippen LogP contribution is 2.50. The first kappa shape index (κ1) is 23.1. The van der Waals surface area contributed by atoms with E-state index in [-0.39, 0.29) is 40.2 Å². The van der Waals surface area contributed by atoms with E-state index in [0.29, 0.717) is 33.9 Å². The number of benzene rings is 3. The lowest BCUT2D eigenvalue weighted by Gasteiger charge is -2.28. The van der Waals surface area contributed by atoms with Crippen LogP contribution in [0.4, 0.5) is 0 Å². The molecule has 184 valence electrons. The van der Waals surface area contributed by atoms with Crippen molar-refractivity contribution in [3.8, 4) is 45.6 Å². The maximum atomic E-state index is 13.5. The van der Waals surface area contributed by atoms with Crippen LogP contribution < -0.4 is 24.4 Å². The van der Waals surface area contributed by atoms with E-state index in [0.717, 1.165) is 0 Å². The highest BCUT2D eigenvalue weighted by Gasteiger charge is 2.37. The third-order valence-corrected chi connectivity index (χ3v) is 6.25. The molecule has 0 radical (unpaired) electrons. The second-order valence-corrected chi connectivity index (χ2v) is 8.21. The second kappa shape index (κ2) is 8.84. The molecule has 2 heterocycles. The van der Waals surface area contributed by atoms with Gasteiger partial charge < -0.3 is 33.6 Å². The van der Waals surface area contributed by atoms with E-state index < -0.39 is 17.3 Å². The van der Waals surface area contributed by atoms with Crippen molar-refractivity contribution in [2.75, 3.05) is 21.3 Å². The number of fused-ring (bicyclic) bond motifs is 3. The van der Waals surface area contributed by atoms with Crippen molar-refractivity contribution in [2.45, 2.75) is 12.3 Å². The van der Waals surface area contributed by atoms with Crippen molar-refractivity contribution in [2.24, 2.45) is 0 Å². The zero-order chi connectivity index (χ0) is 25.6. The van der Waals surface area contributed by atoms with Crippen molar-refractivity contribution in [3.63, 3.8) is 0 Å². The van der Waals surface area contributed by atoms with Crippen LogP contribution in [0.5, 0.6) is 34.5 Å². The number of methoxy groups -OCH3 is 3. The average molecular weight is 490 g/mol. The van der Waals surface area contributed by atoms with Gasteiger partial charge in [0.15, 0.2) is 0 Å². The Morgan fingerprint density at radius 2 is 1.56 bits per heavy atom. The number of phenols is 2. The molecule has 0 amide bonds. The minimum absolute atomic E-state index is 0.0490. The number of hydrogen-bond acceptors (Lipinski definition) is 9. The molecule has 4 aromatic rings. The van der Waals surface area contributed by atoms with Crippen LogP contribution in [0.3, 0.4) is 0 Å². The lowest BCUT2D eigenvalue weighted by Crippen LogP contribution is -2.23. The summed E-state index contributed by atoms with van der Waals surface area (Å²) in [5.74, 6) is -0.180. The molecule has 1 aliphatic heterocycles. The topological polar surface area (TPSA) is 125 Å². The average Bonchev–Trinajstić information content (AvgIpc) is 2.87. The van der Waals surface area contributed by atoms with Crippen molar-refractivity contribution in [3.05, 3.63) is 70.1 Å². The Hall–Kier alpha value is -4.66. The number of hydrogen-bond donors (Lipinski definition) is 2. The standard InChI is InChI=1S/C27H22O9/c1-32-15-8-19(33-2)23(20(9-15)34-3)16-10-22(30)36-21-11-18(29)25-26(31)17(12-35-27(25)24(16)21)13-4-6-14(28)7-5-13/h4-9,11-12,16,28-29H,10H2,1-3H3/t16-/m1/s1. The van der Waals surface area contributed by atoms with Gasteiger partial charge in [0.2, 0.25) is 5.43 Å². The fraction of sp³-hybridized carbons (Fsp3) is 0.185. The quantitative estimate of drug-likeness (QED) is 0.310. The summed E-state index contributed by atoms with van der Waals surface area (Å²) < 4.78 is 27.9. The fourth-order valence-corrected chi connectivity index (χ4v) is 4.59. The first-order chi connectivity index (χ1) is 17.4. The molecule has 0 spiro atoms. The van der Waals surface area contributed by atoms with Crippen LogP contribution in [-0.2, 0) is 4.79 Å². The SMILES string of the molecule is COc1cc(OC)c([C@H]2CC(=O)Oc3cc(O)c4c(=O)c(-c5ccc(O)cc5)coc4c32)c(OC)c1. The lowest BCUT2D eigenvalue weighted by atomic mass is 9.83. The number of ether oxygens (including phenoxy) is 4. The Morgan fingerprint density at radius 1 is 0.889 bits per heavy atom. The molecule has 0 fully saturated rings. The molecule has 0 saturated heterocycles. The molecule has 0 bridgehead atoms. The van der Waals surface area contributed by atoms with Gasteiger partial charge in [0.25, 0.3) is 0 Å². The molecule has 1 aromatic heterocycles. The number of aromatic hydroxyl groups is 2. The van der Waals surface area contributed by atoms with Gasteiger partial charge >= 0.3 is 5.97 Å². The van der Waals surface area contributed by atoms with Gasteiger partial charge in [0.1, 0.15) is 51.7 Å². The molecule has 0 unspecified atom stereocenters. The lowest BCUT2D eigenvalue weighted by molar-refractivity contribution is -0.135. The summed E-state index contributed by atoms with van der Waals surface area (Å²) in [7, 11) is 4.48. The summed E-state index contributed by atoms with van der Waals surface area (Å²) in [6, 6.07) is 10.6. The van der Waals surface area contributed by atoms with E-state index >= 15 is 0 Å². The van der Waals surface area contributed by atoms with Gasteiger partial charge in [0, 0.05) is 35.2 Å². The minimum atomic E-state index is -0.678.